The zero-order valence-corrected chi connectivity index (χ0v) is 43.5. The van der Waals surface area contributed by atoms with Crippen LogP contribution >= 0.6 is 46.4 Å². The van der Waals surface area contributed by atoms with Crippen LogP contribution in [0, 0.1) is 0 Å². The molecular formula is C55H42Cl4N10O6. The first kappa shape index (κ1) is 49.6. The van der Waals surface area contributed by atoms with Crippen LogP contribution in [0.1, 0.15) is 76.5 Å². The van der Waals surface area contributed by atoms with Gasteiger partial charge in [-0.3, -0.25) is 28.8 Å². The Labute approximate surface area is 446 Å². The number of nitrogens with zero attached hydrogens (tertiary/aromatic N) is 6. The Bertz CT molecular complexity index is 3880. The fourth-order valence-corrected chi connectivity index (χ4v) is 11.1. The van der Waals surface area contributed by atoms with Gasteiger partial charge in [0.2, 0.25) is 17.8 Å². The molecule has 0 spiro atoms. The van der Waals surface area contributed by atoms with Gasteiger partial charge in [-0.25, -0.2) is 0 Å². The second-order valence-electron chi connectivity index (χ2n) is 19.0. The quantitative estimate of drug-likeness (QED) is 0.0793. The summed E-state index contributed by atoms with van der Waals surface area (Å²) in [7, 11) is 7.89. The number of aromatic nitrogens is 5. The summed E-state index contributed by atoms with van der Waals surface area (Å²) in [5.41, 5.74) is -0.0549. The number of pyridine rings is 2. The molecule has 16 nitrogen and oxygen atoms in total. The van der Waals surface area contributed by atoms with E-state index in [0.29, 0.717) is 25.9 Å². The van der Waals surface area contributed by atoms with Crippen LogP contribution in [-0.2, 0) is 0 Å². The number of benzene rings is 6. The summed E-state index contributed by atoms with van der Waals surface area (Å²) in [5, 5.41) is 7.48. The van der Waals surface area contributed by atoms with E-state index in [1.165, 1.54) is 36.4 Å². The fourth-order valence-electron chi connectivity index (χ4n) is 10.0. The Morgan fingerprint density at radius 2 is 0.813 bits per heavy atom. The Balaban J connectivity index is 1.14. The number of nitrogens with one attached hydrogen (secondary N) is 4. The lowest BCUT2D eigenvalue weighted by Gasteiger charge is -2.26. The summed E-state index contributed by atoms with van der Waals surface area (Å²) in [4.78, 5) is 115. The van der Waals surface area contributed by atoms with Gasteiger partial charge in [-0.1, -0.05) is 94.9 Å². The number of hydrogen-bond acceptors (Lipinski definition) is 14. The molecule has 376 valence electrons. The van der Waals surface area contributed by atoms with Crippen molar-refractivity contribution in [2.24, 2.45) is 0 Å². The van der Waals surface area contributed by atoms with E-state index in [1.54, 1.807) is 48.5 Å². The minimum Gasteiger partial charge on any atom is -0.352 e. The average molecular weight is 1080 g/mol. The van der Waals surface area contributed by atoms with Crippen molar-refractivity contribution < 1.29 is 19.2 Å². The van der Waals surface area contributed by atoms with Crippen molar-refractivity contribution in [3.05, 3.63) is 170 Å². The maximum atomic E-state index is 14.8. The fraction of sp³-hybridized carbons (Fsp3) is 0.182. The molecule has 0 aliphatic heterocycles. The topological polar surface area (TPSA) is 206 Å². The van der Waals surface area contributed by atoms with Gasteiger partial charge in [0.25, 0.3) is 0 Å². The molecule has 2 aliphatic carbocycles. The molecule has 4 N–H and O–H groups in total. The lowest BCUT2D eigenvalue weighted by atomic mass is 9.81. The minimum atomic E-state index is -0.520. The molecule has 0 radical (unpaired) electrons. The van der Waals surface area contributed by atoms with Gasteiger partial charge in [-0.2, -0.15) is 15.0 Å². The van der Waals surface area contributed by atoms with Crippen LogP contribution in [0.3, 0.4) is 0 Å². The van der Waals surface area contributed by atoms with Crippen LogP contribution in [-0.4, -0.2) is 112 Å². The number of carbonyl (C=O) groups is 4. The van der Waals surface area contributed by atoms with Crippen LogP contribution in [0.25, 0.3) is 43.6 Å². The van der Waals surface area contributed by atoms with Crippen molar-refractivity contribution in [3.8, 4) is 0 Å². The van der Waals surface area contributed by atoms with E-state index in [-0.39, 0.29) is 137 Å². The molecule has 20 heteroatoms. The molecule has 9 aromatic rings. The van der Waals surface area contributed by atoms with Gasteiger partial charge < -0.3 is 35.3 Å². The molecule has 0 bridgehead atoms. The monoisotopic (exact) mass is 1080 g/mol. The van der Waals surface area contributed by atoms with Crippen LogP contribution < -0.4 is 26.4 Å². The van der Waals surface area contributed by atoms with Crippen LogP contribution in [0.5, 0.6) is 0 Å². The predicted octanol–water partition coefficient (Wildman–Crippen LogP) is 10.2. The first-order valence-electron chi connectivity index (χ1n) is 23.7. The second-order valence-corrected chi connectivity index (χ2v) is 20.7. The van der Waals surface area contributed by atoms with Gasteiger partial charge in [0, 0.05) is 66.9 Å². The SMILES string of the molecule is CN(C)CCCN(CCCN(C)C)c1nc(Nc2cc3c(=O)c4cc(Cl)cc(Cl)c4[nH]c3c3c2C(=O)c2ccccc2C3=O)nc(Nc2cc3c(=O)c4cc(Cl)cc(Cl)c4[nH]c3c3c2C(=O)c2ccccc2C3=O)n1. The molecule has 75 heavy (non-hydrogen) atoms. The van der Waals surface area contributed by atoms with Crippen molar-refractivity contribution in [1.29, 1.82) is 0 Å². The van der Waals surface area contributed by atoms with E-state index in [2.05, 4.69) is 30.4 Å². The lowest BCUT2D eigenvalue weighted by Crippen LogP contribution is -2.32. The molecule has 11 rings (SSSR count). The van der Waals surface area contributed by atoms with Gasteiger partial charge in [0.05, 0.1) is 65.7 Å². The number of fused-ring (bicyclic) bond motifs is 10. The molecule has 0 saturated heterocycles. The van der Waals surface area contributed by atoms with Crippen LogP contribution in [0.2, 0.25) is 20.1 Å². The van der Waals surface area contributed by atoms with Gasteiger partial charge in [0.15, 0.2) is 34.0 Å². The van der Waals surface area contributed by atoms with Gasteiger partial charge in [0.1, 0.15) is 0 Å². The first-order chi connectivity index (χ1) is 36.0. The molecular weight excluding hydrogens is 1040 g/mol. The third kappa shape index (κ3) is 8.66. The molecule has 0 saturated carbocycles. The Morgan fingerprint density at radius 3 is 1.19 bits per heavy atom. The van der Waals surface area contributed by atoms with E-state index >= 15 is 0 Å². The summed E-state index contributed by atoms with van der Waals surface area (Å²) in [6.07, 6.45) is 1.40. The molecule has 0 amide bonds. The zero-order valence-electron chi connectivity index (χ0n) is 40.5. The molecule has 3 aromatic heterocycles. The number of rotatable bonds is 13. The minimum absolute atomic E-state index is 0.0226. The predicted molar refractivity (Wildman–Crippen MR) is 296 cm³/mol. The number of ketones is 4. The van der Waals surface area contributed by atoms with Gasteiger partial charge >= 0.3 is 0 Å². The highest BCUT2D eigenvalue weighted by Crippen LogP contribution is 2.41. The highest BCUT2D eigenvalue weighted by Gasteiger charge is 2.37. The van der Waals surface area contributed by atoms with Crippen molar-refractivity contribution in [2.45, 2.75) is 12.8 Å². The maximum Gasteiger partial charge on any atom is 0.233 e. The smallest absolute Gasteiger partial charge is 0.233 e. The number of H-pyrrole nitrogens is 2. The number of carbonyl (C=O) groups excluding carboxylic acids is 4. The zero-order chi connectivity index (χ0) is 52.7. The third-order valence-corrected chi connectivity index (χ3v) is 14.5. The number of halogens is 4. The van der Waals surface area contributed by atoms with E-state index in [1.807, 2.05) is 33.1 Å². The number of hydrogen-bond donors (Lipinski definition) is 4. The van der Waals surface area contributed by atoms with E-state index < -0.39 is 34.0 Å². The standard InChI is InChI=1S/C55H42Cl4N10O6/c1-67(2)15-9-17-69(18-10-16-68(3)4)55-65-53(60-37-23-33-45(62-43-31(47(33)70)19-25(56)21-35(43)58)41-39(37)49(72)27-11-5-7-13-29(27)51(41)74)64-54(66-55)61-38-24-34-46(63-44-32(48(34)71)20-26(57)22-36(44)59)42-40(38)50(73)28-12-6-8-14-30(28)52(42)75/h5-8,11-14,19-24H,9-10,15-18H2,1-4H3,(H,62,70)(H,63,71)(H2,60,61,64,65,66). The summed E-state index contributed by atoms with van der Waals surface area (Å²) in [5.74, 6) is -2.15. The highest BCUT2D eigenvalue weighted by molar-refractivity contribution is 6.40. The third-order valence-electron chi connectivity index (χ3n) is 13.5. The highest BCUT2D eigenvalue weighted by atomic mass is 35.5. The van der Waals surface area contributed by atoms with E-state index in [9.17, 15) is 28.8 Å². The molecule has 6 aromatic carbocycles. The molecule has 0 fully saturated rings. The average Bonchev–Trinajstić information content (AvgIpc) is 3.39. The molecule has 0 atom stereocenters. The second kappa shape index (κ2) is 19.3. The molecule has 3 heterocycles. The summed E-state index contributed by atoms with van der Waals surface area (Å²) in [6, 6.07) is 21.6. The van der Waals surface area contributed by atoms with Crippen LogP contribution in [0.4, 0.5) is 29.2 Å². The summed E-state index contributed by atoms with van der Waals surface area (Å²) < 4.78 is 0. The normalized spacial score (nSPS) is 13.0. The number of anilines is 5. The van der Waals surface area contributed by atoms with E-state index in [4.69, 9.17) is 61.4 Å². The Hall–Kier alpha value is -7.57. The number of aromatic amines is 2. The Kier molecular flexibility index (Phi) is 12.8. The largest absolute Gasteiger partial charge is 0.352 e. The first-order valence-corrected chi connectivity index (χ1v) is 25.2. The van der Waals surface area contributed by atoms with Crippen molar-refractivity contribution in [3.63, 3.8) is 0 Å². The van der Waals surface area contributed by atoms with Gasteiger partial charge in [-0.15, -0.1) is 0 Å². The molecule has 2 aliphatic rings. The van der Waals surface area contributed by atoms with Crippen molar-refractivity contribution in [2.75, 3.05) is 69.9 Å². The summed E-state index contributed by atoms with van der Waals surface area (Å²) >= 11 is 26.1. The van der Waals surface area contributed by atoms with Crippen molar-refractivity contribution in [1.82, 2.24) is 34.7 Å². The lowest BCUT2D eigenvalue weighted by molar-refractivity contribution is 0.0981. The van der Waals surface area contributed by atoms with Crippen molar-refractivity contribution >= 4 is 142 Å². The van der Waals surface area contributed by atoms with Gasteiger partial charge in [-0.05, 0) is 90.5 Å². The van der Waals surface area contributed by atoms with E-state index in [0.717, 1.165) is 13.1 Å². The van der Waals surface area contributed by atoms with Crippen LogP contribution in [0.15, 0.2) is 94.5 Å². The molecule has 0 unspecified atom stereocenters. The maximum absolute atomic E-state index is 14.8. The summed E-state index contributed by atoms with van der Waals surface area (Å²) in [6.45, 7) is 2.43. The Morgan fingerprint density at radius 1 is 0.453 bits per heavy atom.